The molecule has 146 valence electrons. The first kappa shape index (κ1) is 19.6. The van der Waals surface area contributed by atoms with Crippen LogP contribution in [0, 0.1) is 6.92 Å². The molecule has 0 saturated carbocycles. The smallest absolute Gasteiger partial charge is 0.361 e. The molecule has 0 aliphatic carbocycles. The first-order valence-corrected chi connectivity index (χ1v) is 9.04. The summed E-state index contributed by atoms with van der Waals surface area (Å²) in [5.41, 5.74) is 11.2. The zero-order valence-electron chi connectivity index (χ0n) is 15.9. The lowest BCUT2D eigenvalue weighted by atomic mass is 10.0. The first-order chi connectivity index (χ1) is 13.6. The zero-order chi connectivity index (χ0) is 19.9. The number of rotatable bonds is 6. The maximum absolute atomic E-state index is 12.7. The van der Waals surface area contributed by atoms with Crippen molar-refractivity contribution in [2.45, 2.75) is 13.0 Å². The highest BCUT2D eigenvalue weighted by molar-refractivity contribution is 6.36. The predicted octanol–water partition coefficient (Wildman–Crippen LogP) is 1.31. The molecule has 9 heteroatoms. The molecule has 3 rings (SSSR count). The molecule has 0 bridgehead atoms. The van der Waals surface area contributed by atoms with Gasteiger partial charge in [-0.2, -0.15) is 4.79 Å². The van der Waals surface area contributed by atoms with Gasteiger partial charge in [0.25, 0.3) is 0 Å². The Morgan fingerprint density at radius 3 is 2.43 bits per heavy atom. The quantitative estimate of drug-likeness (QED) is 0.457. The Morgan fingerprint density at radius 1 is 1.18 bits per heavy atom. The summed E-state index contributed by atoms with van der Waals surface area (Å²) in [6.45, 7) is 4.72. The number of piperazine rings is 1. The number of nitrogens with zero attached hydrogens (tertiary/aromatic N) is 6. The van der Waals surface area contributed by atoms with Crippen molar-refractivity contribution in [3.63, 3.8) is 0 Å². The number of carbonyl (C=O) groups excluding carboxylic acids is 1. The standard InChI is InChI=1S/C19H23N7O2/c1-14-4-6-15(7-5-14)16(23-19-21-8-3-9-22-19)17(24-20)18(27)28-26-12-10-25(2)11-13-26/h3-9,16H,10-13H2,1-2H3,(H,21,22,23). The molecule has 0 amide bonds. The average molecular weight is 381 g/mol. The van der Waals surface area contributed by atoms with Crippen LogP contribution in [-0.4, -0.2) is 69.6 Å². The minimum Gasteiger partial charge on any atom is -0.361 e. The van der Waals surface area contributed by atoms with Gasteiger partial charge in [-0.1, -0.05) is 29.8 Å². The lowest BCUT2D eigenvalue weighted by molar-refractivity contribution is -0.192. The van der Waals surface area contributed by atoms with E-state index in [0.29, 0.717) is 19.0 Å². The van der Waals surface area contributed by atoms with Gasteiger partial charge in [0.05, 0.1) is 0 Å². The predicted molar refractivity (Wildman–Crippen MR) is 103 cm³/mol. The molecule has 0 spiro atoms. The normalized spacial score (nSPS) is 16.1. The molecule has 1 N–H and O–H groups in total. The van der Waals surface area contributed by atoms with Crippen LogP contribution >= 0.6 is 0 Å². The number of aryl methyl sites for hydroxylation is 1. The van der Waals surface area contributed by atoms with Crippen LogP contribution in [0.3, 0.4) is 0 Å². The number of nitrogens with one attached hydrogen (secondary N) is 1. The van der Waals surface area contributed by atoms with E-state index in [1.807, 2.05) is 38.2 Å². The molecule has 1 fully saturated rings. The molecule has 1 aliphatic rings. The van der Waals surface area contributed by atoms with E-state index in [4.69, 9.17) is 4.84 Å². The van der Waals surface area contributed by atoms with Crippen molar-refractivity contribution < 1.29 is 14.4 Å². The topological polar surface area (TPSA) is 107 Å². The second-order valence-electron chi connectivity index (χ2n) is 6.66. The highest BCUT2D eigenvalue weighted by Gasteiger charge is 2.36. The fraction of sp³-hybridized carbons (Fsp3) is 0.368. The summed E-state index contributed by atoms with van der Waals surface area (Å²) in [4.78, 5) is 31.9. The monoisotopic (exact) mass is 381 g/mol. The number of carbonyl (C=O) groups is 1. The lowest BCUT2D eigenvalue weighted by Gasteiger charge is -2.30. The molecule has 1 unspecified atom stereocenters. The molecule has 1 aromatic carbocycles. The zero-order valence-corrected chi connectivity index (χ0v) is 15.9. The fourth-order valence-electron chi connectivity index (χ4n) is 2.83. The van der Waals surface area contributed by atoms with Gasteiger partial charge in [0.2, 0.25) is 5.95 Å². The summed E-state index contributed by atoms with van der Waals surface area (Å²) in [5.74, 6) is -0.414. The summed E-state index contributed by atoms with van der Waals surface area (Å²) in [7, 11) is 2.01. The molecule has 2 heterocycles. The van der Waals surface area contributed by atoms with Gasteiger partial charge < -0.3 is 20.6 Å². The van der Waals surface area contributed by atoms with Crippen LogP contribution in [-0.2, 0) is 9.63 Å². The van der Waals surface area contributed by atoms with Gasteiger partial charge >= 0.3 is 11.7 Å². The van der Waals surface area contributed by atoms with E-state index in [0.717, 1.165) is 24.2 Å². The molecular formula is C19H23N7O2. The number of anilines is 1. The Labute approximate surface area is 163 Å². The second-order valence-corrected chi connectivity index (χ2v) is 6.66. The molecule has 0 radical (unpaired) electrons. The maximum Gasteiger partial charge on any atom is 0.438 e. The maximum atomic E-state index is 12.7. The molecule has 1 saturated heterocycles. The van der Waals surface area contributed by atoms with Gasteiger partial charge in [0.15, 0.2) is 6.04 Å². The van der Waals surface area contributed by atoms with Crippen molar-refractivity contribution in [1.82, 2.24) is 19.9 Å². The van der Waals surface area contributed by atoms with Gasteiger partial charge in [-0.15, -0.1) is 5.06 Å². The van der Waals surface area contributed by atoms with Crippen molar-refractivity contribution in [3.05, 3.63) is 59.4 Å². The summed E-state index contributed by atoms with van der Waals surface area (Å²) >= 11 is 0. The Bertz CT molecular complexity index is 842. The Morgan fingerprint density at radius 2 is 1.82 bits per heavy atom. The number of hydrogen-bond acceptors (Lipinski definition) is 7. The second kappa shape index (κ2) is 9.18. The van der Waals surface area contributed by atoms with Gasteiger partial charge in [-0.05, 0) is 25.6 Å². The highest BCUT2D eigenvalue weighted by Crippen LogP contribution is 2.20. The molecule has 1 aromatic heterocycles. The minimum atomic E-state index is -0.770. The van der Waals surface area contributed by atoms with Crippen molar-refractivity contribution >= 4 is 17.6 Å². The van der Waals surface area contributed by atoms with E-state index in [1.165, 1.54) is 0 Å². The van der Waals surface area contributed by atoms with Crippen molar-refractivity contribution in [1.29, 1.82) is 0 Å². The summed E-state index contributed by atoms with van der Waals surface area (Å²) < 4.78 is 0. The molecular weight excluding hydrogens is 358 g/mol. The number of benzene rings is 1. The number of likely N-dealkylation sites (N-methyl/N-ethyl adjacent to an activating group) is 1. The van der Waals surface area contributed by atoms with Crippen LogP contribution in [0.2, 0.25) is 0 Å². The van der Waals surface area contributed by atoms with Gasteiger partial charge in [-0.3, -0.25) is 0 Å². The Balaban J connectivity index is 1.83. The number of aromatic nitrogens is 2. The fourth-order valence-corrected chi connectivity index (χ4v) is 2.83. The SMILES string of the molecule is Cc1ccc(C(Nc2ncccn2)C(=[N+]=[N-])C(=O)ON2CCN(C)CC2)cc1. The van der Waals surface area contributed by atoms with Gasteiger partial charge in [-0.25, -0.2) is 14.8 Å². The van der Waals surface area contributed by atoms with Gasteiger partial charge in [0.1, 0.15) is 0 Å². The molecule has 1 aliphatic heterocycles. The van der Waals surface area contributed by atoms with Crippen LogP contribution < -0.4 is 5.32 Å². The third-order valence-electron chi connectivity index (χ3n) is 4.51. The molecule has 2 aromatic rings. The molecule has 28 heavy (non-hydrogen) atoms. The van der Waals surface area contributed by atoms with Gasteiger partial charge in [0, 0.05) is 38.6 Å². The largest absolute Gasteiger partial charge is 0.438 e. The molecule has 1 atom stereocenters. The van der Waals surface area contributed by atoms with Crippen LogP contribution in [0.15, 0.2) is 42.7 Å². The van der Waals surface area contributed by atoms with Crippen molar-refractivity contribution in [3.8, 4) is 0 Å². The van der Waals surface area contributed by atoms with Crippen LogP contribution in [0.1, 0.15) is 17.2 Å². The summed E-state index contributed by atoms with van der Waals surface area (Å²) in [6.07, 6.45) is 3.17. The van der Waals surface area contributed by atoms with Crippen LogP contribution in [0.5, 0.6) is 0 Å². The number of hydroxylamine groups is 2. The Hall–Kier alpha value is -3.13. The van der Waals surface area contributed by atoms with E-state index in [1.54, 1.807) is 23.5 Å². The Kier molecular flexibility index (Phi) is 6.44. The third-order valence-corrected chi connectivity index (χ3v) is 4.51. The highest BCUT2D eigenvalue weighted by atomic mass is 16.7. The number of hydrogen-bond donors (Lipinski definition) is 1. The van der Waals surface area contributed by atoms with E-state index in [2.05, 4.69) is 25.0 Å². The first-order valence-electron chi connectivity index (χ1n) is 9.04. The minimum absolute atomic E-state index is 0.171. The van der Waals surface area contributed by atoms with E-state index in [-0.39, 0.29) is 5.71 Å². The average Bonchev–Trinajstić information content (AvgIpc) is 2.71. The van der Waals surface area contributed by atoms with E-state index >= 15 is 0 Å². The molecule has 9 nitrogen and oxygen atoms in total. The van der Waals surface area contributed by atoms with Crippen molar-refractivity contribution in [2.75, 3.05) is 38.5 Å². The summed E-state index contributed by atoms with van der Waals surface area (Å²) in [5, 5.41) is 4.63. The van der Waals surface area contributed by atoms with E-state index < -0.39 is 12.0 Å². The van der Waals surface area contributed by atoms with Crippen LogP contribution in [0.25, 0.3) is 5.53 Å². The summed E-state index contributed by atoms with van der Waals surface area (Å²) in [6, 6.07) is 8.45. The lowest BCUT2D eigenvalue weighted by Crippen LogP contribution is -2.46. The van der Waals surface area contributed by atoms with E-state index in [9.17, 15) is 10.3 Å². The van der Waals surface area contributed by atoms with Crippen molar-refractivity contribution in [2.24, 2.45) is 0 Å². The van der Waals surface area contributed by atoms with Crippen LogP contribution in [0.4, 0.5) is 5.95 Å². The third kappa shape index (κ3) is 4.98.